The summed E-state index contributed by atoms with van der Waals surface area (Å²) in [5.74, 6) is 0.411. The molecule has 0 bridgehead atoms. The first-order chi connectivity index (χ1) is 14.9. The van der Waals surface area contributed by atoms with E-state index in [4.69, 9.17) is 10.5 Å². The van der Waals surface area contributed by atoms with E-state index in [0.29, 0.717) is 13.0 Å². The molecule has 1 aromatic heterocycles. The molecule has 2 aromatic rings. The van der Waals surface area contributed by atoms with Gasteiger partial charge in [0.15, 0.2) is 5.78 Å². The molecule has 1 aliphatic heterocycles. The number of Topliss-reactive ketones (excluding diaryl/α,β-unsaturated/α-hetero) is 1. The van der Waals surface area contributed by atoms with Crippen LogP contribution in [-0.2, 0) is 13.6 Å². The van der Waals surface area contributed by atoms with Gasteiger partial charge in [-0.1, -0.05) is 31.9 Å². The van der Waals surface area contributed by atoms with Crippen molar-refractivity contribution >= 4 is 11.6 Å². The molecule has 1 aliphatic rings. The Morgan fingerprint density at radius 3 is 2.52 bits per heavy atom. The molecule has 1 atom stereocenters. The van der Waals surface area contributed by atoms with E-state index in [2.05, 4.69) is 4.90 Å². The predicted molar refractivity (Wildman–Crippen MR) is 121 cm³/mol. The second-order valence-electron chi connectivity index (χ2n) is 8.09. The van der Waals surface area contributed by atoms with E-state index in [1.54, 1.807) is 7.11 Å². The molecule has 8 heteroatoms. The number of ketones is 1. The maximum Gasteiger partial charge on any atom is 0.332 e. The maximum absolute atomic E-state index is 13.3. The fourth-order valence-electron chi connectivity index (χ4n) is 4.31. The lowest BCUT2D eigenvalue weighted by Crippen LogP contribution is -2.44. The van der Waals surface area contributed by atoms with Crippen LogP contribution in [-0.4, -0.2) is 40.0 Å². The normalized spacial score (nSPS) is 17.3. The summed E-state index contributed by atoms with van der Waals surface area (Å²) >= 11 is 0. The fraction of sp³-hybridized carbons (Fsp3) is 0.522. The van der Waals surface area contributed by atoms with Gasteiger partial charge in [-0.25, -0.2) is 4.79 Å². The Bertz CT molecular complexity index is 1040. The topological polar surface area (TPSA) is 99.6 Å². The van der Waals surface area contributed by atoms with E-state index in [1.165, 1.54) is 11.6 Å². The smallest absolute Gasteiger partial charge is 0.332 e. The molecule has 0 amide bonds. The Morgan fingerprint density at radius 2 is 1.87 bits per heavy atom. The lowest BCUT2D eigenvalue weighted by atomic mass is 10.00. The molecule has 0 spiro atoms. The highest BCUT2D eigenvalue weighted by molar-refractivity contribution is 6.01. The number of rotatable bonds is 7. The molecule has 2 N–H and O–H groups in total. The third-order valence-corrected chi connectivity index (χ3v) is 6.02. The Balaban J connectivity index is 1.94. The van der Waals surface area contributed by atoms with Crippen molar-refractivity contribution in [3.05, 3.63) is 56.2 Å². The van der Waals surface area contributed by atoms with Crippen LogP contribution in [0.1, 0.15) is 61.0 Å². The number of carbonyl (C=O) groups excluding carboxylic acids is 1. The predicted octanol–water partition coefficient (Wildman–Crippen LogP) is 2.35. The fourth-order valence-corrected chi connectivity index (χ4v) is 4.31. The van der Waals surface area contributed by atoms with Crippen LogP contribution in [0.3, 0.4) is 0 Å². The molecule has 1 fully saturated rings. The van der Waals surface area contributed by atoms with Gasteiger partial charge in [-0.15, -0.1) is 0 Å². The summed E-state index contributed by atoms with van der Waals surface area (Å²) in [6, 6.07) is 7.98. The molecule has 168 valence electrons. The van der Waals surface area contributed by atoms with Crippen LogP contribution >= 0.6 is 0 Å². The van der Waals surface area contributed by atoms with Gasteiger partial charge in [0.2, 0.25) is 0 Å². The molecule has 31 heavy (non-hydrogen) atoms. The highest BCUT2D eigenvalue weighted by Gasteiger charge is 2.28. The number of hydrogen-bond donors (Lipinski definition) is 1. The van der Waals surface area contributed by atoms with Crippen molar-refractivity contribution in [3.8, 4) is 5.75 Å². The summed E-state index contributed by atoms with van der Waals surface area (Å²) in [5, 5.41) is 0. The lowest BCUT2D eigenvalue weighted by molar-refractivity contribution is 0.0890. The van der Waals surface area contributed by atoms with Crippen molar-refractivity contribution < 1.29 is 9.53 Å². The van der Waals surface area contributed by atoms with Crippen molar-refractivity contribution in [2.45, 2.75) is 51.6 Å². The number of anilines is 1. The van der Waals surface area contributed by atoms with Gasteiger partial charge in [0, 0.05) is 19.6 Å². The number of methoxy groups -OCH3 is 1. The first kappa shape index (κ1) is 22.8. The standard InChI is InChI=1S/C23H32N4O4/c1-4-13-27-21(24)20(22(29)25(2)23(27)30)19(28)15-26-14-7-5-6-8-18(26)16-9-11-17(31-3)12-10-16/h9-12,18H,4-8,13-15,24H2,1-3H3/t18-/m1/s1. The van der Waals surface area contributed by atoms with Crippen LogP contribution in [0, 0.1) is 0 Å². The van der Waals surface area contributed by atoms with E-state index >= 15 is 0 Å². The summed E-state index contributed by atoms with van der Waals surface area (Å²) in [7, 11) is 3.02. The van der Waals surface area contributed by atoms with Gasteiger partial charge in [0.05, 0.1) is 13.7 Å². The van der Waals surface area contributed by atoms with Crippen LogP contribution in [0.15, 0.2) is 33.9 Å². The van der Waals surface area contributed by atoms with Crippen LogP contribution in [0.2, 0.25) is 0 Å². The molecule has 1 aromatic carbocycles. The van der Waals surface area contributed by atoms with Gasteiger partial charge >= 0.3 is 5.69 Å². The number of nitrogens with zero attached hydrogens (tertiary/aromatic N) is 3. The molecular formula is C23H32N4O4. The zero-order valence-corrected chi connectivity index (χ0v) is 18.6. The summed E-state index contributed by atoms with van der Waals surface area (Å²) in [4.78, 5) is 40.6. The average molecular weight is 429 g/mol. The van der Waals surface area contributed by atoms with Gasteiger partial charge in [-0.05, 0) is 43.5 Å². The van der Waals surface area contributed by atoms with Crippen molar-refractivity contribution in [1.29, 1.82) is 0 Å². The van der Waals surface area contributed by atoms with Gasteiger partial charge in [-0.2, -0.15) is 0 Å². The van der Waals surface area contributed by atoms with E-state index in [-0.39, 0.29) is 29.8 Å². The number of nitrogen functional groups attached to an aromatic ring is 1. The van der Waals surface area contributed by atoms with Crippen molar-refractivity contribution in [2.75, 3.05) is 25.9 Å². The maximum atomic E-state index is 13.3. The number of likely N-dealkylation sites (tertiary alicyclic amines) is 1. The minimum Gasteiger partial charge on any atom is -0.497 e. The number of nitrogens with two attached hydrogens (primary N) is 1. The zero-order chi connectivity index (χ0) is 22.5. The van der Waals surface area contributed by atoms with Crippen LogP contribution in [0.5, 0.6) is 5.75 Å². The van der Waals surface area contributed by atoms with E-state index in [9.17, 15) is 14.4 Å². The Labute approximate surface area is 182 Å². The number of benzene rings is 1. The van der Waals surface area contributed by atoms with Crippen molar-refractivity contribution in [3.63, 3.8) is 0 Å². The first-order valence-corrected chi connectivity index (χ1v) is 10.9. The average Bonchev–Trinajstić information content (AvgIpc) is 3.01. The minimum atomic E-state index is -0.629. The zero-order valence-electron chi connectivity index (χ0n) is 18.6. The van der Waals surface area contributed by atoms with E-state index < -0.39 is 11.2 Å². The monoisotopic (exact) mass is 428 g/mol. The Morgan fingerprint density at radius 1 is 1.16 bits per heavy atom. The highest BCUT2D eigenvalue weighted by Crippen LogP contribution is 2.31. The number of aromatic nitrogens is 2. The molecular weight excluding hydrogens is 396 g/mol. The van der Waals surface area contributed by atoms with Gasteiger partial charge < -0.3 is 10.5 Å². The summed E-state index contributed by atoms with van der Waals surface area (Å²) in [6.45, 7) is 3.12. The van der Waals surface area contributed by atoms with Crippen LogP contribution in [0.4, 0.5) is 5.82 Å². The highest BCUT2D eigenvalue weighted by atomic mass is 16.5. The molecule has 0 unspecified atom stereocenters. The number of ether oxygens (including phenoxy) is 1. The van der Waals surface area contributed by atoms with Crippen molar-refractivity contribution in [2.24, 2.45) is 7.05 Å². The Hall–Kier alpha value is -2.87. The molecule has 3 rings (SSSR count). The molecule has 0 aliphatic carbocycles. The second-order valence-corrected chi connectivity index (χ2v) is 8.09. The quantitative estimate of drug-likeness (QED) is 0.680. The van der Waals surface area contributed by atoms with Gasteiger partial charge in [0.25, 0.3) is 5.56 Å². The number of hydrogen-bond acceptors (Lipinski definition) is 6. The molecule has 0 radical (unpaired) electrons. The SMILES string of the molecule is CCCn1c(N)c(C(=O)CN2CCCCC[C@@H]2c2ccc(OC)cc2)c(=O)n(C)c1=O. The molecule has 2 heterocycles. The summed E-state index contributed by atoms with van der Waals surface area (Å²) in [6.07, 6.45) is 4.77. The third kappa shape index (κ3) is 4.74. The Kier molecular flexibility index (Phi) is 7.33. The minimum absolute atomic E-state index is 0.0317. The largest absolute Gasteiger partial charge is 0.497 e. The lowest BCUT2D eigenvalue weighted by Gasteiger charge is -2.30. The van der Waals surface area contributed by atoms with Crippen molar-refractivity contribution in [1.82, 2.24) is 14.0 Å². The summed E-state index contributed by atoms with van der Waals surface area (Å²) < 4.78 is 7.55. The van der Waals surface area contributed by atoms with E-state index in [0.717, 1.165) is 48.1 Å². The van der Waals surface area contributed by atoms with Crippen LogP contribution in [0.25, 0.3) is 0 Å². The molecule has 8 nitrogen and oxygen atoms in total. The van der Waals surface area contributed by atoms with Crippen LogP contribution < -0.4 is 21.7 Å². The van der Waals surface area contributed by atoms with E-state index in [1.807, 2.05) is 31.2 Å². The van der Waals surface area contributed by atoms with Gasteiger partial charge in [-0.3, -0.25) is 23.6 Å². The summed E-state index contributed by atoms with van der Waals surface area (Å²) in [5.41, 5.74) is 6.06. The van der Waals surface area contributed by atoms with Gasteiger partial charge in [0.1, 0.15) is 17.1 Å². The molecule has 0 saturated carbocycles. The first-order valence-electron chi connectivity index (χ1n) is 10.9. The number of carbonyl (C=O) groups is 1. The third-order valence-electron chi connectivity index (χ3n) is 6.02. The molecule has 1 saturated heterocycles. The second kappa shape index (κ2) is 9.96.